The average Bonchev–Trinajstić information content (AvgIpc) is 2.31. The fraction of sp³-hybridized carbons (Fsp3) is 0.833. The van der Waals surface area contributed by atoms with E-state index in [0.29, 0.717) is 25.8 Å². The second kappa shape index (κ2) is 9.71. The summed E-state index contributed by atoms with van der Waals surface area (Å²) in [7, 11) is 0. The average molecular weight is 275 g/mol. The number of nitrogens with two attached hydrogens (primary N) is 2. The number of rotatable bonds is 10. The molecular weight excluding hydrogens is 250 g/mol. The maximum Gasteiger partial charge on any atom is 0.341 e. The van der Waals surface area contributed by atoms with Crippen LogP contribution in [0.2, 0.25) is 0 Å². The molecule has 0 aliphatic rings. The van der Waals surface area contributed by atoms with Crippen molar-refractivity contribution in [2.24, 2.45) is 17.4 Å². The van der Waals surface area contributed by atoms with Gasteiger partial charge in [0.15, 0.2) is 0 Å². The van der Waals surface area contributed by atoms with Crippen molar-refractivity contribution in [1.29, 1.82) is 0 Å². The van der Waals surface area contributed by atoms with E-state index in [1.165, 1.54) is 0 Å². The van der Waals surface area contributed by atoms with Crippen molar-refractivity contribution in [2.75, 3.05) is 6.54 Å². The van der Waals surface area contributed by atoms with Gasteiger partial charge >= 0.3 is 11.9 Å². The molecule has 19 heavy (non-hydrogen) atoms. The van der Waals surface area contributed by atoms with Crippen molar-refractivity contribution >= 4 is 11.9 Å². The lowest BCUT2D eigenvalue weighted by Gasteiger charge is -2.17. The molecule has 0 aliphatic carbocycles. The van der Waals surface area contributed by atoms with Gasteiger partial charge in [-0.3, -0.25) is 4.79 Å². The third-order valence-corrected chi connectivity index (χ3v) is 2.57. The smallest absolute Gasteiger partial charge is 0.341 e. The van der Waals surface area contributed by atoms with E-state index in [-0.39, 0.29) is 5.92 Å². The molecule has 112 valence electrons. The standard InChI is InChI=1S/C12H25N3O4/c1-8(2)7-9(14)12(18)19-15-10(11(16)17)5-3-4-6-13/h8-10,15H,3-7,13-14H2,1-2H3,(H,16,17)/t9-,10-/m0/s1. The van der Waals surface area contributed by atoms with Crippen molar-refractivity contribution in [1.82, 2.24) is 5.48 Å². The van der Waals surface area contributed by atoms with Gasteiger partial charge in [-0.15, -0.1) is 5.48 Å². The quantitative estimate of drug-likeness (QED) is 0.326. The number of hydrogen-bond acceptors (Lipinski definition) is 6. The van der Waals surface area contributed by atoms with Crippen LogP contribution in [0.5, 0.6) is 0 Å². The zero-order chi connectivity index (χ0) is 14.8. The molecule has 0 unspecified atom stereocenters. The third-order valence-electron chi connectivity index (χ3n) is 2.57. The molecule has 6 N–H and O–H groups in total. The Balaban J connectivity index is 4.09. The Hall–Kier alpha value is -1.18. The number of nitrogens with one attached hydrogen (secondary N) is 1. The van der Waals surface area contributed by atoms with Crippen LogP contribution in [0.4, 0.5) is 0 Å². The number of carboxylic acid groups (broad SMARTS) is 1. The lowest BCUT2D eigenvalue weighted by atomic mass is 10.1. The molecule has 0 aliphatic heterocycles. The van der Waals surface area contributed by atoms with E-state index in [1.54, 1.807) is 0 Å². The van der Waals surface area contributed by atoms with Gasteiger partial charge in [0.25, 0.3) is 0 Å². The molecule has 0 aromatic carbocycles. The molecule has 0 amide bonds. The highest BCUT2D eigenvalue weighted by molar-refractivity contribution is 5.76. The van der Waals surface area contributed by atoms with E-state index in [4.69, 9.17) is 21.4 Å². The SMILES string of the molecule is CC(C)C[C@H](N)C(=O)ON[C@@H](CCCCN)C(=O)O. The van der Waals surface area contributed by atoms with E-state index < -0.39 is 24.0 Å². The summed E-state index contributed by atoms with van der Waals surface area (Å²) >= 11 is 0. The van der Waals surface area contributed by atoms with Gasteiger partial charge in [-0.05, 0) is 38.1 Å². The summed E-state index contributed by atoms with van der Waals surface area (Å²) in [6.45, 7) is 4.38. The lowest BCUT2D eigenvalue weighted by molar-refractivity contribution is -0.159. The van der Waals surface area contributed by atoms with Gasteiger partial charge in [0, 0.05) is 0 Å². The Bertz CT molecular complexity index is 284. The number of hydrogen-bond donors (Lipinski definition) is 4. The van der Waals surface area contributed by atoms with Crippen LogP contribution in [0.1, 0.15) is 39.5 Å². The first kappa shape index (κ1) is 17.8. The molecule has 0 heterocycles. The first-order chi connectivity index (χ1) is 8.88. The highest BCUT2D eigenvalue weighted by atomic mass is 16.7. The normalized spacial score (nSPS) is 14.2. The minimum atomic E-state index is -1.07. The highest BCUT2D eigenvalue weighted by Gasteiger charge is 2.22. The zero-order valence-corrected chi connectivity index (χ0v) is 11.6. The molecule has 0 radical (unpaired) electrons. The Morgan fingerprint density at radius 1 is 1.32 bits per heavy atom. The number of aliphatic carboxylic acids is 1. The fourth-order valence-corrected chi connectivity index (χ4v) is 1.53. The molecular formula is C12H25N3O4. The first-order valence-corrected chi connectivity index (χ1v) is 6.53. The number of hydroxylamine groups is 1. The van der Waals surface area contributed by atoms with E-state index in [1.807, 2.05) is 13.8 Å². The largest absolute Gasteiger partial charge is 0.480 e. The van der Waals surface area contributed by atoms with Gasteiger partial charge in [0.1, 0.15) is 12.1 Å². The predicted octanol–water partition coefficient (Wildman–Crippen LogP) is -0.0102. The van der Waals surface area contributed by atoms with Gasteiger partial charge in [-0.1, -0.05) is 13.8 Å². The molecule has 0 saturated carbocycles. The molecule has 0 rings (SSSR count). The summed E-state index contributed by atoms with van der Waals surface area (Å²) in [4.78, 5) is 27.2. The molecule has 0 spiro atoms. The van der Waals surface area contributed by atoms with Gasteiger partial charge in [0.2, 0.25) is 0 Å². The minimum absolute atomic E-state index is 0.266. The molecule has 7 heteroatoms. The van der Waals surface area contributed by atoms with Crippen LogP contribution < -0.4 is 16.9 Å². The van der Waals surface area contributed by atoms with Crippen LogP contribution in [0, 0.1) is 5.92 Å². The predicted molar refractivity (Wildman–Crippen MR) is 71.0 cm³/mol. The van der Waals surface area contributed by atoms with E-state index in [0.717, 1.165) is 6.42 Å². The highest BCUT2D eigenvalue weighted by Crippen LogP contribution is 2.05. The van der Waals surface area contributed by atoms with E-state index in [2.05, 4.69) is 5.48 Å². The lowest BCUT2D eigenvalue weighted by Crippen LogP contribution is -2.43. The third kappa shape index (κ3) is 8.52. The second-order valence-corrected chi connectivity index (χ2v) is 4.95. The topological polar surface area (TPSA) is 128 Å². The van der Waals surface area contributed by atoms with Crippen LogP contribution in [0.3, 0.4) is 0 Å². The number of unbranched alkanes of at least 4 members (excludes halogenated alkanes) is 1. The summed E-state index contributed by atoms with van der Waals surface area (Å²) in [5, 5.41) is 8.95. The van der Waals surface area contributed by atoms with Crippen LogP contribution in [-0.2, 0) is 14.4 Å². The molecule has 2 atom stereocenters. The van der Waals surface area contributed by atoms with Crippen molar-refractivity contribution in [2.45, 2.75) is 51.6 Å². The molecule has 0 aromatic rings. The maximum absolute atomic E-state index is 11.5. The van der Waals surface area contributed by atoms with E-state index >= 15 is 0 Å². The molecule has 0 bridgehead atoms. The van der Waals surface area contributed by atoms with Gasteiger partial charge < -0.3 is 21.4 Å². The summed E-state index contributed by atoms with van der Waals surface area (Å²) in [5.41, 5.74) is 13.2. The fourth-order valence-electron chi connectivity index (χ4n) is 1.53. The van der Waals surface area contributed by atoms with Crippen molar-refractivity contribution < 1.29 is 19.5 Å². The molecule has 0 aromatic heterocycles. The van der Waals surface area contributed by atoms with Crippen molar-refractivity contribution in [3.63, 3.8) is 0 Å². The van der Waals surface area contributed by atoms with Crippen LogP contribution in [0.25, 0.3) is 0 Å². The monoisotopic (exact) mass is 275 g/mol. The summed E-state index contributed by atoms with van der Waals surface area (Å²) < 4.78 is 0. The van der Waals surface area contributed by atoms with Crippen LogP contribution >= 0.6 is 0 Å². The molecule has 0 saturated heterocycles. The van der Waals surface area contributed by atoms with Crippen LogP contribution in [0.15, 0.2) is 0 Å². The number of carboxylic acids is 1. The Morgan fingerprint density at radius 3 is 2.42 bits per heavy atom. The Kier molecular flexibility index (Phi) is 9.11. The zero-order valence-electron chi connectivity index (χ0n) is 11.6. The summed E-state index contributed by atoms with van der Waals surface area (Å²) in [5.74, 6) is -1.44. The van der Waals surface area contributed by atoms with Gasteiger partial charge in [0.05, 0.1) is 0 Å². The van der Waals surface area contributed by atoms with Gasteiger partial charge in [-0.2, -0.15) is 0 Å². The number of carbonyl (C=O) groups is 2. The van der Waals surface area contributed by atoms with Crippen molar-refractivity contribution in [3.8, 4) is 0 Å². The summed E-state index contributed by atoms with van der Waals surface area (Å²) in [6.07, 6.45) is 2.22. The minimum Gasteiger partial charge on any atom is -0.480 e. The first-order valence-electron chi connectivity index (χ1n) is 6.53. The second-order valence-electron chi connectivity index (χ2n) is 4.95. The molecule has 7 nitrogen and oxygen atoms in total. The molecule has 0 fully saturated rings. The Labute approximate surface area is 113 Å². The van der Waals surface area contributed by atoms with Crippen LogP contribution in [-0.4, -0.2) is 35.7 Å². The Morgan fingerprint density at radius 2 is 1.95 bits per heavy atom. The van der Waals surface area contributed by atoms with E-state index in [9.17, 15) is 9.59 Å². The van der Waals surface area contributed by atoms with Crippen molar-refractivity contribution in [3.05, 3.63) is 0 Å². The summed E-state index contributed by atoms with van der Waals surface area (Å²) in [6, 6.07) is -1.67. The number of carbonyl (C=O) groups excluding carboxylic acids is 1. The van der Waals surface area contributed by atoms with Gasteiger partial charge in [-0.25, -0.2) is 4.79 Å². The maximum atomic E-state index is 11.5.